The molecule has 2 aliphatic rings. The Hall–Kier alpha value is -3.59. The number of carbonyl (C=O) groups is 2. The maximum Gasteiger partial charge on any atom is 0.290 e. The zero-order valence-corrected chi connectivity index (χ0v) is 22.0. The van der Waals surface area contributed by atoms with Gasteiger partial charge in [-0.15, -0.1) is 0 Å². The fraction of sp³-hybridized carbons (Fsp3) is 0.448. The van der Waals surface area contributed by atoms with Crippen molar-refractivity contribution in [2.45, 2.75) is 25.7 Å². The largest absolute Gasteiger partial charge is 0.494 e. The van der Waals surface area contributed by atoms with E-state index in [-0.39, 0.29) is 18.2 Å². The summed E-state index contributed by atoms with van der Waals surface area (Å²) in [5.74, 6) is 0.571. The highest BCUT2D eigenvalue weighted by Gasteiger charge is 2.25. The number of para-hydroxylation sites is 1. The third kappa shape index (κ3) is 6.64. The second kappa shape index (κ2) is 13.3. The highest BCUT2D eigenvalue weighted by atomic mass is 19.1. The van der Waals surface area contributed by atoms with Crippen molar-refractivity contribution in [3.05, 3.63) is 60.0 Å². The number of nitrogens with zero attached hydrogens (tertiary/aromatic N) is 4. The summed E-state index contributed by atoms with van der Waals surface area (Å²) in [6.07, 6.45) is 6.83. The van der Waals surface area contributed by atoms with Crippen LogP contribution in [0.5, 0.6) is 5.75 Å². The van der Waals surface area contributed by atoms with Gasteiger partial charge in [0, 0.05) is 57.0 Å². The first-order valence-corrected chi connectivity index (χ1v) is 13.3. The molecule has 3 heterocycles. The maximum atomic E-state index is 14.2. The van der Waals surface area contributed by atoms with E-state index in [1.807, 2.05) is 23.1 Å². The highest BCUT2D eigenvalue weighted by Crippen LogP contribution is 2.26. The topological polar surface area (TPSA) is 78.3 Å². The molecule has 3 aromatic rings. The number of hydrogen-bond donors (Lipinski definition) is 1. The van der Waals surface area contributed by atoms with Gasteiger partial charge >= 0.3 is 0 Å². The lowest BCUT2D eigenvalue weighted by atomic mass is 10.1. The number of hydrogen-bond acceptors (Lipinski definition) is 5. The van der Waals surface area contributed by atoms with E-state index in [9.17, 15) is 9.18 Å². The second-order valence-corrected chi connectivity index (χ2v) is 9.77. The lowest BCUT2D eigenvalue weighted by molar-refractivity contribution is -0.122. The Morgan fingerprint density at radius 3 is 2.37 bits per heavy atom. The fourth-order valence-electron chi connectivity index (χ4n) is 5.34. The number of carbonyl (C=O) groups excluding carboxylic acids is 1. The Kier molecular flexibility index (Phi) is 9.59. The number of ether oxygens (including phenoxy) is 1. The molecule has 1 aromatic heterocycles. The van der Waals surface area contributed by atoms with Crippen LogP contribution in [-0.2, 0) is 11.8 Å². The van der Waals surface area contributed by atoms with Crippen molar-refractivity contribution >= 4 is 29.0 Å². The van der Waals surface area contributed by atoms with E-state index in [4.69, 9.17) is 14.6 Å². The van der Waals surface area contributed by atoms with Crippen LogP contribution in [0.2, 0.25) is 0 Å². The molecule has 0 saturated carbocycles. The second-order valence-electron chi connectivity index (χ2n) is 9.77. The molecule has 2 aromatic carbocycles. The van der Waals surface area contributed by atoms with Gasteiger partial charge in [-0.1, -0.05) is 18.6 Å². The summed E-state index contributed by atoms with van der Waals surface area (Å²) in [5.41, 5.74) is 2.19. The molecule has 38 heavy (non-hydrogen) atoms. The fourth-order valence-corrected chi connectivity index (χ4v) is 5.34. The minimum atomic E-state index is -0.303. The Morgan fingerprint density at radius 2 is 1.68 bits per heavy atom. The van der Waals surface area contributed by atoms with E-state index in [0.29, 0.717) is 29.6 Å². The number of anilines is 1. The molecule has 0 aliphatic carbocycles. The molecule has 0 bridgehead atoms. The van der Waals surface area contributed by atoms with Crippen molar-refractivity contribution in [2.24, 2.45) is 7.05 Å². The Labute approximate surface area is 223 Å². The van der Waals surface area contributed by atoms with Gasteiger partial charge in [-0.05, 0) is 62.7 Å². The third-order valence-corrected chi connectivity index (χ3v) is 7.29. The van der Waals surface area contributed by atoms with Gasteiger partial charge in [0.05, 0.1) is 17.7 Å². The molecule has 8 nitrogen and oxygen atoms in total. The number of amides is 1. The van der Waals surface area contributed by atoms with E-state index in [1.54, 1.807) is 23.9 Å². The van der Waals surface area contributed by atoms with Crippen LogP contribution in [0.1, 0.15) is 36.0 Å². The molecular weight excluding hydrogens is 487 g/mol. The van der Waals surface area contributed by atoms with Crippen LogP contribution >= 0.6 is 0 Å². The van der Waals surface area contributed by atoms with Crippen molar-refractivity contribution in [2.75, 3.05) is 57.3 Å². The van der Waals surface area contributed by atoms with Crippen LogP contribution in [0.25, 0.3) is 10.9 Å². The molecule has 2 fully saturated rings. The maximum absolute atomic E-state index is 14.2. The van der Waals surface area contributed by atoms with Gasteiger partial charge in [-0.25, -0.2) is 4.39 Å². The number of benzene rings is 2. The molecular formula is C29H37FN4O4. The van der Waals surface area contributed by atoms with Crippen LogP contribution in [0.4, 0.5) is 10.1 Å². The van der Waals surface area contributed by atoms with Crippen LogP contribution in [0.15, 0.2) is 48.7 Å². The Bertz CT molecular complexity index is 1200. The van der Waals surface area contributed by atoms with Gasteiger partial charge in [-0.2, -0.15) is 0 Å². The SMILES string of the molecule is Cn1cc(C(=O)N2CCN(c3ccc(OCCCN4CCCCC4)cc3)CC2)c2cccc(F)c21.O=CO. The summed E-state index contributed by atoms with van der Waals surface area (Å²) in [5, 5.41) is 7.56. The monoisotopic (exact) mass is 524 g/mol. The average Bonchev–Trinajstić information content (AvgIpc) is 3.29. The van der Waals surface area contributed by atoms with Crippen molar-refractivity contribution in [3.8, 4) is 5.75 Å². The van der Waals surface area contributed by atoms with Crippen molar-refractivity contribution in [3.63, 3.8) is 0 Å². The van der Waals surface area contributed by atoms with E-state index in [1.165, 1.54) is 38.4 Å². The zero-order chi connectivity index (χ0) is 26.9. The standard InChI is InChI=1S/C28H35FN4O2.CH2O2/c1-30-21-25(24-7-5-8-26(29)27(24)30)28(34)33-18-16-32(17-19-33)22-9-11-23(12-10-22)35-20-6-15-31-13-3-2-4-14-31;2-1-3/h5,7-12,21H,2-4,6,13-20H2,1H3;1H,(H,2,3). The molecule has 204 valence electrons. The third-order valence-electron chi connectivity index (χ3n) is 7.29. The molecule has 9 heteroatoms. The number of fused-ring (bicyclic) bond motifs is 1. The van der Waals surface area contributed by atoms with Crippen LogP contribution in [-0.4, -0.2) is 84.3 Å². The quantitative estimate of drug-likeness (QED) is 0.368. The van der Waals surface area contributed by atoms with Crippen molar-refractivity contribution < 1.29 is 23.8 Å². The predicted octanol–water partition coefficient (Wildman–Crippen LogP) is 4.24. The summed E-state index contributed by atoms with van der Waals surface area (Å²) < 4.78 is 21.9. The van der Waals surface area contributed by atoms with Gasteiger partial charge in [0.2, 0.25) is 0 Å². The minimum Gasteiger partial charge on any atom is -0.494 e. The predicted molar refractivity (Wildman–Crippen MR) is 147 cm³/mol. The van der Waals surface area contributed by atoms with E-state index >= 15 is 0 Å². The van der Waals surface area contributed by atoms with Crippen LogP contribution in [0, 0.1) is 5.82 Å². The average molecular weight is 525 g/mol. The molecule has 2 aliphatic heterocycles. The molecule has 0 spiro atoms. The van der Waals surface area contributed by atoms with E-state index in [0.717, 1.165) is 44.1 Å². The summed E-state index contributed by atoms with van der Waals surface area (Å²) in [7, 11) is 1.78. The Morgan fingerprint density at radius 1 is 1.00 bits per heavy atom. The summed E-state index contributed by atoms with van der Waals surface area (Å²) in [6, 6.07) is 13.2. The van der Waals surface area contributed by atoms with Gasteiger partial charge < -0.3 is 29.1 Å². The molecule has 2 saturated heterocycles. The first kappa shape index (κ1) is 27.4. The first-order valence-electron chi connectivity index (χ1n) is 13.3. The number of piperidine rings is 1. The number of carboxylic acid groups (broad SMARTS) is 1. The molecule has 0 radical (unpaired) electrons. The summed E-state index contributed by atoms with van der Waals surface area (Å²) >= 11 is 0. The highest BCUT2D eigenvalue weighted by molar-refractivity contribution is 6.07. The number of aryl methyl sites for hydroxylation is 1. The van der Waals surface area contributed by atoms with E-state index in [2.05, 4.69) is 21.9 Å². The number of aromatic nitrogens is 1. The number of piperazine rings is 1. The van der Waals surface area contributed by atoms with Gasteiger partial charge in [0.1, 0.15) is 11.6 Å². The normalized spacial score (nSPS) is 16.2. The zero-order valence-electron chi connectivity index (χ0n) is 22.0. The molecule has 5 rings (SSSR count). The van der Waals surface area contributed by atoms with Crippen LogP contribution < -0.4 is 9.64 Å². The lowest BCUT2D eigenvalue weighted by Gasteiger charge is -2.36. The number of rotatable bonds is 7. The molecule has 1 amide bonds. The van der Waals surface area contributed by atoms with Gasteiger partial charge in [0.25, 0.3) is 12.4 Å². The molecule has 0 unspecified atom stereocenters. The Balaban J connectivity index is 0.00000107. The summed E-state index contributed by atoms with van der Waals surface area (Å²) in [6.45, 7) is 6.88. The lowest BCUT2D eigenvalue weighted by Crippen LogP contribution is -2.48. The molecule has 1 N–H and O–H groups in total. The smallest absolute Gasteiger partial charge is 0.290 e. The summed E-state index contributed by atoms with van der Waals surface area (Å²) in [4.78, 5) is 28.3. The minimum absolute atomic E-state index is 0.0332. The molecule has 0 atom stereocenters. The van der Waals surface area contributed by atoms with Crippen molar-refractivity contribution in [1.82, 2.24) is 14.4 Å². The number of halogens is 1. The van der Waals surface area contributed by atoms with Crippen molar-refractivity contribution in [1.29, 1.82) is 0 Å². The number of likely N-dealkylation sites (tertiary alicyclic amines) is 1. The van der Waals surface area contributed by atoms with Crippen LogP contribution in [0.3, 0.4) is 0 Å². The van der Waals surface area contributed by atoms with Gasteiger partial charge in [0.15, 0.2) is 0 Å². The first-order chi connectivity index (χ1) is 18.5. The van der Waals surface area contributed by atoms with E-state index < -0.39 is 0 Å². The van der Waals surface area contributed by atoms with Gasteiger partial charge in [-0.3, -0.25) is 9.59 Å².